The number of benzene rings is 2. The molecule has 1 heterocycles. The van der Waals surface area contributed by atoms with Gasteiger partial charge in [0, 0.05) is 0 Å². The Hall–Kier alpha value is -3.08. The minimum Gasteiger partial charge on any atom is -0.492 e. The van der Waals surface area contributed by atoms with E-state index in [9.17, 15) is 36.4 Å². The summed E-state index contributed by atoms with van der Waals surface area (Å²) in [5.41, 5.74) is -2.04. The number of aromatic hydroxyl groups is 1. The minimum atomic E-state index is -4.83. The molecule has 33 heavy (non-hydrogen) atoms. The predicted octanol–water partition coefficient (Wildman–Crippen LogP) is 3.49. The Labute approximate surface area is 195 Å². The summed E-state index contributed by atoms with van der Waals surface area (Å²) in [6.07, 6.45) is 0. The molecule has 0 aliphatic heterocycles. The van der Waals surface area contributed by atoms with E-state index in [2.05, 4.69) is 15.3 Å². The number of aromatic nitrogens is 2. The van der Waals surface area contributed by atoms with Crippen molar-refractivity contribution in [1.29, 1.82) is 0 Å². The van der Waals surface area contributed by atoms with Crippen LogP contribution in [0.1, 0.15) is 10.5 Å². The lowest BCUT2D eigenvalue weighted by molar-refractivity contribution is 0.0690. The average molecular weight is 537 g/mol. The molecule has 0 saturated carbocycles. The summed E-state index contributed by atoms with van der Waals surface area (Å²) in [6, 6.07) is 5.90. The maximum atomic E-state index is 11.6. The molecular formula is C16H10Cl2N4O9S2. The Bertz CT molecular complexity index is 1520. The van der Waals surface area contributed by atoms with Crippen LogP contribution in [0.5, 0.6) is 5.88 Å². The van der Waals surface area contributed by atoms with Gasteiger partial charge in [-0.15, -0.1) is 10.2 Å². The molecule has 3 aromatic rings. The van der Waals surface area contributed by atoms with Gasteiger partial charge in [0.15, 0.2) is 5.69 Å². The van der Waals surface area contributed by atoms with E-state index >= 15 is 0 Å². The van der Waals surface area contributed by atoms with E-state index in [0.29, 0.717) is 4.68 Å². The number of nitrogens with zero attached hydrogens (tertiary/aromatic N) is 4. The highest BCUT2D eigenvalue weighted by molar-refractivity contribution is 7.86. The molecule has 0 aliphatic rings. The fourth-order valence-electron chi connectivity index (χ4n) is 2.48. The van der Waals surface area contributed by atoms with Crippen LogP contribution in [0, 0.1) is 0 Å². The first-order chi connectivity index (χ1) is 15.2. The Balaban J connectivity index is 2.14. The van der Waals surface area contributed by atoms with Crippen LogP contribution in [0.4, 0.5) is 11.4 Å². The molecule has 13 nitrogen and oxygen atoms in total. The number of hydrogen-bond donors (Lipinski definition) is 4. The molecule has 1 aromatic heterocycles. The number of halogens is 2. The van der Waals surface area contributed by atoms with Gasteiger partial charge < -0.3 is 10.2 Å². The molecule has 4 N–H and O–H groups in total. The van der Waals surface area contributed by atoms with Gasteiger partial charge in [0.2, 0.25) is 11.6 Å². The van der Waals surface area contributed by atoms with Crippen molar-refractivity contribution in [3.05, 3.63) is 52.1 Å². The zero-order chi connectivity index (χ0) is 24.7. The first kappa shape index (κ1) is 24.6. The summed E-state index contributed by atoms with van der Waals surface area (Å²) < 4.78 is 64.6. The predicted molar refractivity (Wildman–Crippen MR) is 112 cm³/mol. The maximum absolute atomic E-state index is 11.6. The molecule has 0 spiro atoms. The van der Waals surface area contributed by atoms with E-state index in [1.165, 1.54) is 0 Å². The molecule has 0 bridgehead atoms. The van der Waals surface area contributed by atoms with Crippen LogP contribution in [0.25, 0.3) is 5.69 Å². The minimum absolute atomic E-state index is 0.0167. The number of carboxylic acid groups (broad SMARTS) is 1. The van der Waals surface area contributed by atoms with Crippen LogP contribution in [0.2, 0.25) is 10.0 Å². The van der Waals surface area contributed by atoms with E-state index in [1.807, 2.05) is 0 Å². The van der Waals surface area contributed by atoms with E-state index < -0.39 is 58.9 Å². The molecule has 3 rings (SSSR count). The zero-order valence-electron chi connectivity index (χ0n) is 15.7. The Morgan fingerprint density at radius 2 is 1.52 bits per heavy atom. The molecule has 174 valence electrons. The summed E-state index contributed by atoms with van der Waals surface area (Å²) in [5, 5.41) is 30.2. The number of aromatic carboxylic acids is 1. The average Bonchev–Trinajstić information content (AvgIpc) is 3.04. The number of rotatable bonds is 6. The summed E-state index contributed by atoms with van der Waals surface area (Å²) >= 11 is 11.6. The van der Waals surface area contributed by atoms with Crippen molar-refractivity contribution in [2.24, 2.45) is 10.2 Å². The highest BCUT2D eigenvalue weighted by Gasteiger charge is 2.25. The molecule has 0 radical (unpaired) electrons. The van der Waals surface area contributed by atoms with Crippen LogP contribution >= 0.6 is 23.2 Å². The smallest absolute Gasteiger partial charge is 0.358 e. The largest absolute Gasteiger partial charge is 0.492 e. The van der Waals surface area contributed by atoms with Crippen molar-refractivity contribution >= 4 is 60.8 Å². The van der Waals surface area contributed by atoms with E-state index in [-0.39, 0.29) is 15.7 Å². The van der Waals surface area contributed by atoms with Gasteiger partial charge in [-0.05, 0) is 36.4 Å². The maximum Gasteiger partial charge on any atom is 0.358 e. The van der Waals surface area contributed by atoms with Crippen molar-refractivity contribution in [3.8, 4) is 11.6 Å². The number of azo groups is 1. The molecular weight excluding hydrogens is 527 g/mol. The van der Waals surface area contributed by atoms with Gasteiger partial charge in [-0.1, -0.05) is 23.2 Å². The third-order valence-corrected chi connectivity index (χ3v) is 6.43. The van der Waals surface area contributed by atoms with Gasteiger partial charge in [0.05, 0.1) is 20.6 Å². The van der Waals surface area contributed by atoms with Gasteiger partial charge in [-0.2, -0.15) is 26.6 Å². The highest BCUT2D eigenvalue weighted by atomic mass is 35.5. The van der Waals surface area contributed by atoms with Gasteiger partial charge in [0.25, 0.3) is 20.2 Å². The summed E-state index contributed by atoms with van der Waals surface area (Å²) in [6.45, 7) is 0. The molecule has 0 fully saturated rings. The molecule has 2 aromatic carbocycles. The lowest BCUT2D eigenvalue weighted by atomic mass is 10.3. The first-order valence-corrected chi connectivity index (χ1v) is 11.8. The number of carbonyl (C=O) groups is 1. The van der Waals surface area contributed by atoms with Gasteiger partial charge in [-0.25, -0.2) is 4.79 Å². The normalized spacial score (nSPS) is 12.4. The summed E-state index contributed by atoms with van der Waals surface area (Å²) in [5.74, 6) is -2.50. The summed E-state index contributed by atoms with van der Waals surface area (Å²) in [7, 11) is -9.33. The highest BCUT2D eigenvalue weighted by Crippen LogP contribution is 2.38. The van der Waals surface area contributed by atoms with Crippen molar-refractivity contribution in [2.75, 3.05) is 0 Å². The van der Waals surface area contributed by atoms with E-state index in [4.69, 9.17) is 27.8 Å². The molecule has 17 heteroatoms. The molecule has 0 atom stereocenters. The molecule has 0 saturated heterocycles. The number of carboxylic acids is 1. The van der Waals surface area contributed by atoms with Crippen molar-refractivity contribution in [2.45, 2.75) is 9.79 Å². The molecule has 0 unspecified atom stereocenters. The monoisotopic (exact) mass is 536 g/mol. The van der Waals surface area contributed by atoms with Gasteiger partial charge >= 0.3 is 5.97 Å². The topological polar surface area (TPSA) is 209 Å². The van der Waals surface area contributed by atoms with Crippen molar-refractivity contribution in [3.63, 3.8) is 0 Å². The van der Waals surface area contributed by atoms with Crippen LogP contribution < -0.4 is 0 Å². The molecule has 0 aliphatic carbocycles. The quantitative estimate of drug-likeness (QED) is 0.266. The van der Waals surface area contributed by atoms with Crippen LogP contribution in [-0.2, 0) is 20.2 Å². The third kappa shape index (κ3) is 5.13. The SMILES string of the molecule is O=C(O)c1nn(-c2ccc(S(=O)(=O)O)cc2)c(O)c1N=Nc1cc(Cl)c(Cl)cc1S(=O)(=O)O. The van der Waals surface area contributed by atoms with E-state index in [1.54, 1.807) is 0 Å². The zero-order valence-corrected chi connectivity index (χ0v) is 18.8. The van der Waals surface area contributed by atoms with Gasteiger partial charge in [0.1, 0.15) is 10.6 Å². The first-order valence-electron chi connectivity index (χ1n) is 8.21. The van der Waals surface area contributed by atoms with Crippen LogP contribution in [-0.4, -0.2) is 51.9 Å². The lowest BCUT2D eigenvalue weighted by Gasteiger charge is -2.04. The van der Waals surface area contributed by atoms with Crippen LogP contribution in [0.15, 0.2) is 56.4 Å². The van der Waals surface area contributed by atoms with Crippen molar-refractivity contribution < 1.29 is 40.9 Å². The Morgan fingerprint density at radius 3 is 2.03 bits per heavy atom. The fraction of sp³-hybridized carbons (Fsp3) is 0. The standard InChI is InChI=1S/C16H10Cl2N4O9S2/c17-9-5-11(12(6-10(9)18)33(29,30)31)19-20-13-14(16(24)25)21-22(15(13)23)7-1-3-8(4-2-7)32(26,27)28/h1-6,23H,(H,24,25)(H,26,27,28)(H,29,30,31). The fourth-order valence-corrected chi connectivity index (χ4v) is 3.98. The molecule has 0 amide bonds. The van der Waals surface area contributed by atoms with E-state index in [0.717, 1.165) is 36.4 Å². The second-order valence-electron chi connectivity index (χ2n) is 6.12. The van der Waals surface area contributed by atoms with Gasteiger partial charge in [-0.3, -0.25) is 9.11 Å². The Morgan fingerprint density at radius 1 is 0.939 bits per heavy atom. The second-order valence-corrected chi connectivity index (χ2v) is 9.74. The van der Waals surface area contributed by atoms with Crippen LogP contribution in [0.3, 0.4) is 0 Å². The second kappa shape index (κ2) is 8.69. The summed E-state index contributed by atoms with van der Waals surface area (Å²) in [4.78, 5) is 10.3. The lowest BCUT2D eigenvalue weighted by Crippen LogP contribution is -2.02. The number of hydrogen-bond acceptors (Lipinski definition) is 9. The Kier molecular flexibility index (Phi) is 6.47. The van der Waals surface area contributed by atoms with Crippen molar-refractivity contribution in [1.82, 2.24) is 9.78 Å². The third-order valence-electron chi connectivity index (χ3n) is 3.96.